The van der Waals surface area contributed by atoms with Crippen molar-refractivity contribution in [1.82, 2.24) is 9.55 Å². The van der Waals surface area contributed by atoms with Crippen LogP contribution in [0.15, 0.2) is 65.7 Å². The molecule has 0 unspecified atom stereocenters. The number of nitrogens with one attached hydrogen (secondary N) is 1. The number of para-hydroxylation sites is 2. The zero-order chi connectivity index (χ0) is 18.5. The van der Waals surface area contributed by atoms with Gasteiger partial charge in [-0.05, 0) is 24.3 Å². The fraction of sp³-hybridized carbons (Fsp3) is 0.105. The number of halogens is 1. The van der Waals surface area contributed by atoms with Gasteiger partial charge in [-0.25, -0.2) is 4.98 Å². The Kier molecular flexibility index (Phi) is 5.34. The van der Waals surface area contributed by atoms with Crippen molar-refractivity contribution in [1.29, 1.82) is 0 Å². The van der Waals surface area contributed by atoms with E-state index in [1.807, 2.05) is 0 Å². The van der Waals surface area contributed by atoms with Crippen LogP contribution in [0.1, 0.15) is 0 Å². The molecule has 0 bridgehead atoms. The molecular weight excluding hydrogens is 354 g/mol. The van der Waals surface area contributed by atoms with Gasteiger partial charge in [0.05, 0.1) is 24.8 Å². The maximum Gasteiger partial charge on any atom is 0.254 e. The van der Waals surface area contributed by atoms with Crippen LogP contribution >= 0.6 is 11.6 Å². The molecule has 132 valence electrons. The van der Waals surface area contributed by atoms with E-state index in [-0.39, 0.29) is 18.0 Å². The number of hydrogen-bond acceptors (Lipinski definition) is 4. The molecule has 1 N–H and O–H groups in total. The number of rotatable bonds is 5. The lowest BCUT2D eigenvalue weighted by atomic mass is 10.1. The molecule has 1 aromatic heterocycles. The molecule has 26 heavy (non-hydrogen) atoms. The predicted octanol–water partition coefficient (Wildman–Crippen LogP) is 3.21. The summed E-state index contributed by atoms with van der Waals surface area (Å²) in [6, 6.07) is 15.5. The Balaban J connectivity index is 1.75. The number of methoxy groups -OCH3 is 1. The van der Waals surface area contributed by atoms with Gasteiger partial charge in [0.25, 0.3) is 5.56 Å². The van der Waals surface area contributed by atoms with E-state index in [9.17, 15) is 9.59 Å². The highest BCUT2D eigenvalue weighted by atomic mass is 35.5. The minimum absolute atomic E-state index is 0.148. The topological polar surface area (TPSA) is 73.2 Å². The van der Waals surface area contributed by atoms with Crippen LogP contribution in [0.4, 0.5) is 5.69 Å². The number of carbonyl (C=O) groups is 1. The average molecular weight is 370 g/mol. The highest BCUT2D eigenvalue weighted by molar-refractivity contribution is 6.30. The third-order valence-electron chi connectivity index (χ3n) is 3.71. The van der Waals surface area contributed by atoms with Gasteiger partial charge in [-0.15, -0.1) is 0 Å². The van der Waals surface area contributed by atoms with E-state index in [0.29, 0.717) is 22.2 Å². The highest BCUT2D eigenvalue weighted by Gasteiger charge is 2.10. The molecule has 1 heterocycles. The lowest BCUT2D eigenvalue weighted by molar-refractivity contribution is -0.116. The molecule has 7 heteroatoms. The Labute approximate surface area is 155 Å². The average Bonchev–Trinajstić information content (AvgIpc) is 2.64. The molecule has 0 saturated carbocycles. The third kappa shape index (κ3) is 4.10. The molecule has 0 aliphatic heterocycles. The zero-order valence-electron chi connectivity index (χ0n) is 14.0. The molecule has 6 nitrogen and oxygen atoms in total. The fourth-order valence-corrected chi connectivity index (χ4v) is 2.54. The van der Waals surface area contributed by atoms with E-state index in [0.717, 1.165) is 5.56 Å². The van der Waals surface area contributed by atoms with Gasteiger partial charge in [0, 0.05) is 16.7 Å². The fourth-order valence-electron chi connectivity index (χ4n) is 2.42. The van der Waals surface area contributed by atoms with Gasteiger partial charge in [0.15, 0.2) is 0 Å². The molecule has 2 aromatic carbocycles. The van der Waals surface area contributed by atoms with Crippen molar-refractivity contribution < 1.29 is 9.53 Å². The predicted molar refractivity (Wildman–Crippen MR) is 101 cm³/mol. The minimum atomic E-state index is -0.349. The van der Waals surface area contributed by atoms with Gasteiger partial charge < -0.3 is 10.1 Å². The Morgan fingerprint density at radius 3 is 2.62 bits per heavy atom. The first-order chi connectivity index (χ1) is 12.6. The molecule has 0 saturated heterocycles. The molecule has 3 aromatic rings. The highest BCUT2D eigenvalue weighted by Crippen LogP contribution is 2.23. The molecule has 1 amide bonds. The number of ether oxygens (including phenoxy) is 1. The van der Waals surface area contributed by atoms with Gasteiger partial charge in [0.1, 0.15) is 12.3 Å². The summed E-state index contributed by atoms with van der Waals surface area (Å²) in [7, 11) is 1.52. The van der Waals surface area contributed by atoms with Gasteiger partial charge >= 0.3 is 0 Å². The molecule has 3 rings (SSSR count). The monoisotopic (exact) mass is 369 g/mol. The van der Waals surface area contributed by atoms with Gasteiger partial charge in [-0.3, -0.25) is 14.2 Å². The van der Waals surface area contributed by atoms with Crippen LogP contribution in [-0.2, 0) is 11.3 Å². The van der Waals surface area contributed by atoms with Gasteiger partial charge in [-0.2, -0.15) is 0 Å². The minimum Gasteiger partial charge on any atom is -0.495 e. The number of amides is 1. The SMILES string of the molecule is COc1ccccc1NC(=O)Cn1cnc(-c2ccc(Cl)cc2)cc1=O. The first kappa shape index (κ1) is 17.7. The van der Waals surface area contributed by atoms with E-state index < -0.39 is 0 Å². The summed E-state index contributed by atoms with van der Waals surface area (Å²) in [5.41, 5.74) is 1.52. The van der Waals surface area contributed by atoms with E-state index in [1.165, 1.54) is 24.1 Å². The maximum absolute atomic E-state index is 12.3. The molecule has 0 aliphatic rings. The summed E-state index contributed by atoms with van der Waals surface area (Å²) in [4.78, 5) is 28.8. The maximum atomic E-state index is 12.3. The Morgan fingerprint density at radius 1 is 1.19 bits per heavy atom. The van der Waals surface area contributed by atoms with Gasteiger partial charge in [-0.1, -0.05) is 35.9 Å². The number of carbonyl (C=O) groups excluding carboxylic acids is 1. The van der Waals surface area contributed by atoms with Crippen molar-refractivity contribution in [3.63, 3.8) is 0 Å². The largest absolute Gasteiger partial charge is 0.495 e. The summed E-state index contributed by atoms with van der Waals surface area (Å²) in [5, 5.41) is 3.33. The number of aromatic nitrogens is 2. The van der Waals surface area contributed by atoms with Crippen molar-refractivity contribution in [3.05, 3.63) is 76.3 Å². The van der Waals surface area contributed by atoms with Crippen molar-refractivity contribution in [2.75, 3.05) is 12.4 Å². The molecule has 0 spiro atoms. The van der Waals surface area contributed by atoms with E-state index >= 15 is 0 Å². The second kappa shape index (κ2) is 7.84. The molecule has 0 radical (unpaired) electrons. The first-order valence-electron chi connectivity index (χ1n) is 7.82. The second-order valence-electron chi connectivity index (χ2n) is 5.50. The van der Waals surface area contributed by atoms with Gasteiger partial charge in [0.2, 0.25) is 5.91 Å². The first-order valence-corrected chi connectivity index (χ1v) is 8.20. The molecule has 0 atom stereocenters. The third-order valence-corrected chi connectivity index (χ3v) is 3.97. The van der Waals surface area contributed by atoms with Crippen LogP contribution in [0.3, 0.4) is 0 Å². The zero-order valence-corrected chi connectivity index (χ0v) is 14.7. The van der Waals surface area contributed by atoms with Crippen molar-refractivity contribution >= 4 is 23.2 Å². The van der Waals surface area contributed by atoms with Crippen LogP contribution in [0.25, 0.3) is 11.3 Å². The Hall–Kier alpha value is -3.12. The van der Waals surface area contributed by atoms with Crippen LogP contribution in [0.2, 0.25) is 5.02 Å². The standard InChI is InChI=1S/C19H16ClN3O3/c1-26-17-5-3-2-4-15(17)22-18(24)11-23-12-21-16(10-19(23)25)13-6-8-14(20)9-7-13/h2-10,12H,11H2,1H3,(H,22,24). The van der Waals surface area contributed by atoms with Crippen LogP contribution < -0.4 is 15.6 Å². The Morgan fingerprint density at radius 2 is 1.92 bits per heavy atom. The Bertz CT molecular complexity index is 984. The van der Waals surface area contributed by atoms with Crippen molar-refractivity contribution in [2.45, 2.75) is 6.54 Å². The van der Waals surface area contributed by atoms with E-state index in [2.05, 4.69) is 10.3 Å². The quantitative estimate of drug-likeness (QED) is 0.749. The summed E-state index contributed by atoms with van der Waals surface area (Å²) in [6.45, 7) is -0.148. The van der Waals surface area contributed by atoms with Crippen LogP contribution in [0.5, 0.6) is 5.75 Å². The number of anilines is 1. The lowest BCUT2D eigenvalue weighted by Crippen LogP contribution is -2.27. The number of benzene rings is 2. The molecule has 0 aliphatic carbocycles. The normalized spacial score (nSPS) is 10.4. The number of nitrogens with zero attached hydrogens (tertiary/aromatic N) is 2. The van der Waals surface area contributed by atoms with E-state index in [4.69, 9.17) is 16.3 Å². The lowest BCUT2D eigenvalue weighted by Gasteiger charge is -2.11. The van der Waals surface area contributed by atoms with Crippen LogP contribution in [0, 0.1) is 0 Å². The smallest absolute Gasteiger partial charge is 0.254 e. The molecule has 0 fully saturated rings. The van der Waals surface area contributed by atoms with E-state index in [1.54, 1.807) is 48.5 Å². The summed E-state index contributed by atoms with van der Waals surface area (Å²) in [5.74, 6) is 0.196. The van der Waals surface area contributed by atoms with Crippen molar-refractivity contribution in [3.8, 4) is 17.0 Å². The number of hydrogen-bond donors (Lipinski definition) is 1. The second-order valence-corrected chi connectivity index (χ2v) is 5.93. The summed E-state index contributed by atoms with van der Waals surface area (Å²) >= 11 is 5.86. The summed E-state index contributed by atoms with van der Waals surface area (Å²) in [6.07, 6.45) is 1.36. The molecular formula is C19H16ClN3O3. The summed E-state index contributed by atoms with van der Waals surface area (Å²) < 4.78 is 6.43. The van der Waals surface area contributed by atoms with Crippen LogP contribution in [-0.4, -0.2) is 22.6 Å². The van der Waals surface area contributed by atoms with Crippen molar-refractivity contribution in [2.24, 2.45) is 0 Å².